The number of fused-ring (bicyclic) bond motifs is 4. The SMILES string of the molecule is Cc1cc(O)c2c3c(ccc2c1)C(=O)c1c(OC2CC(O)C(OC4CC(OC5CCC(OC6CC(O)C(OC7CC(O)C(O)C(C)O7)C(C)O6)C(C)O5)C(O)C(C)O4)C(C)O2)cccc1C3=O. The molecule has 3 aromatic carbocycles. The molecule has 3 aromatic rings. The van der Waals surface area contributed by atoms with Crippen molar-refractivity contribution in [1.29, 1.82) is 0 Å². The number of carbonyl (C=O) groups is 2. The zero-order valence-corrected chi connectivity index (χ0v) is 38.3. The van der Waals surface area contributed by atoms with Gasteiger partial charge in [0, 0.05) is 54.2 Å². The van der Waals surface area contributed by atoms with Gasteiger partial charge in [-0.05, 0) is 77.1 Å². The highest BCUT2D eigenvalue weighted by Crippen LogP contribution is 2.41. The average molecular weight is 939 g/mol. The quantitative estimate of drug-likeness (QED) is 0.133. The van der Waals surface area contributed by atoms with Crippen LogP contribution in [0.1, 0.15) is 111 Å². The van der Waals surface area contributed by atoms with Gasteiger partial charge in [0.15, 0.2) is 36.7 Å². The first-order chi connectivity index (χ1) is 31.9. The zero-order valence-electron chi connectivity index (χ0n) is 38.3. The lowest BCUT2D eigenvalue weighted by Crippen LogP contribution is -2.56. The summed E-state index contributed by atoms with van der Waals surface area (Å²) in [6.45, 7) is 10.5. The number of rotatable bonds is 10. The third-order valence-electron chi connectivity index (χ3n) is 13.9. The molecule has 18 nitrogen and oxygen atoms in total. The summed E-state index contributed by atoms with van der Waals surface area (Å²) in [5.74, 6) is -0.818. The molecule has 6 N–H and O–H groups in total. The summed E-state index contributed by atoms with van der Waals surface area (Å²) < 4.78 is 61.4. The van der Waals surface area contributed by atoms with Gasteiger partial charge in [0.05, 0.1) is 66.6 Å². The third-order valence-corrected chi connectivity index (χ3v) is 13.9. The second-order valence-electron chi connectivity index (χ2n) is 18.9. The Morgan fingerprint density at radius 3 is 1.76 bits per heavy atom. The molecule has 0 saturated carbocycles. The van der Waals surface area contributed by atoms with Gasteiger partial charge >= 0.3 is 0 Å². The van der Waals surface area contributed by atoms with Crippen LogP contribution in [0.15, 0.2) is 42.5 Å². The van der Waals surface area contributed by atoms with E-state index < -0.39 is 122 Å². The summed E-state index contributed by atoms with van der Waals surface area (Å²) in [5, 5.41) is 65.6. The molecule has 19 unspecified atom stereocenters. The van der Waals surface area contributed by atoms with Crippen molar-refractivity contribution in [2.24, 2.45) is 0 Å². The van der Waals surface area contributed by atoms with E-state index in [9.17, 15) is 40.2 Å². The summed E-state index contributed by atoms with van der Waals surface area (Å²) in [5.41, 5.74) is 1.31. The average Bonchev–Trinajstić information content (AvgIpc) is 3.26. The van der Waals surface area contributed by atoms with Crippen molar-refractivity contribution in [3.05, 3.63) is 70.3 Å². The van der Waals surface area contributed by atoms with Gasteiger partial charge in [-0.3, -0.25) is 9.59 Å². The molecule has 366 valence electrons. The maximum absolute atomic E-state index is 14.0. The number of carbonyl (C=O) groups excluding carboxylic acids is 2. The lowest BCUT2D eigenvalue weighted by Gasteiger charge is -2.45. The summed E-state index contributed by atoms with van der Waals surface area (Å²) >= 11 is 0. The van der Waals surface area contributed by atoms with Gasteiger partial charge in [-0.25, -0.2) is 0 Å². The predicted octanol–water partition coefficient (Wildman–Crippen LogP) is 3.42. The van der Waals surface area contributed by atoms with E-state index in [0.29, 0.717) is 23.6 Å². The van der Waals surface area contributed by atoms with Gasteiger partial charge in [0.2, 0.25) is 6.29 Å². The Labute approximate surface area is 387 Å². The molecule has 5 heterocycles. The minimum atomic E-state index is -1.09. The van der Waals surface area contributed by atoms with Crippen LogP contribution >= 0.6 is 0 Å². The highest BCUT2D eigenvalue weighted by molar-refractivity contribution is 6.33. The number of ketones is 2. The van der Waals surface area contributed by atoms with Crippen LogP contribution in [0.2, 0.25) is 0 Å². The fourth-order valence-corrected chi connectivity index (χ4v) is 10.4. The Hall–Kier alpha value is -3.70. The largest absolute Gasteiger partial charge is 0.507 e. The van der Waals surface area contributed by atoms with E-state index in [1.165, 1.54) is 0 Å². The number of hydrogen-bond acceptors (Lipinski definition) is 18. The van der Waals surface area contributed by atoms with E-state index in [0.717, 1.165) is 5.56 Å². The number of aliphatic hydroxyl groups is 5. The molecule has 9 rings (SSSR count). The fourth-order valence-electron chi connectivity index (χ4n) is 10.4. The molecule has 67 heavy (non-hydrogen) atoms. The van der Waals surface area contributed by atoms with Crippen LogP contribution in [0, 0.1) is 6.92 Å². The molecule has 5 aliphatic heterocycles. The van der Waals surface area contributed by atoms with Gasteiger partial charge in [-0.15, -0.1) is 0 Å². The normalized spacial score (nSPS) is 40.3. The number of aryl methyl sites for hydroxylation is 1. The summed E-state index contributed by atoms with van der Waals surface area (Å²) in [6, 6.07) is 11.4. The van der Waals surface area contributed by atoms with Crippen LogP contribution in [0.5, 0.6) is 11.5 Å². The van der Waals surface area contributed by atoms with E-state index >= 15 is 0 Å². The van der Waals surface area contributed by atoms with Crippen molar-refractivity contribution < 1.29 is 87.6 Å². The Morgan fingerprint density at radius 1 is 0.537 bits per heavy atom. The number of benzene rings is 3. The predicted molar refractivity (Wildman–Crippen MR) is 233 cm³/mol. The van der Waals surface area contributed by atoms with Crippen LogP contribution in [0.4, 0.5) is 0 Å². The van der Waals surface area contributed by atoms with Crippen molar-refractivity contribution in [2.75, 3.05) is 0 Å². The van der Waals surface area contributed by atoms with Crippen molar-refractivity contribution in [2.45, 2.75) is 197 Å². The Kier molecular flexibility index (Phi) is 14.1. The first-order valence-electron chi connectivity index (χ1n) is 23.4. The minimum Gasteiger partial charge on any atom is -0.507 e. The lowest BCUT2D eigenvalue weighted by atomic mass is 9.81. The maximum Gasteiger partial charge on any atom is 0.202 e. The number of phenols is 1. The number of aliphatic hydroxyl groups excluding tert-OH is 5. The van der Waals surface area contributed by atoms with E-state index in [1.807, 2.05) is 19.9 Å². The molecule has 6 aliphatic rings. The van der Waals surface area contributed by atoms with Crippen molar-refractivity contribution >= 4 is 22.3 Å². The first kappa shape index (κ1) is 48.3. The van der Waals surface area contributed by atoms with Crippen LogP contribution in [-0.2, 0) is 42.6 Å². The fraction of sp³-hybridized carbons (Fsp3) is 0.633. The van der Waals surface area contributed by atoms with Crippen LogP contribution in [0.3, 0.4) is 0 Å². The summed E-state index contributed by atoms with van der Waals surface area (Å²) in [6.07, 6.45) is -13.7. The molecule has 5 saturated heterocycles. The molecule has 5 fully saturated rings. The van der Waals surface area contributed by atoms with Crippen molar-refractivity contribution in [1.82, 2.24) is 0 Å². The molecule has 0 radical (unpaired) electrons. The number of ether oxygens (including phenoxy) is 10. The third kappa shape index (κ3) is 9.77. The van der Waals surface area contributed by atoms with Gasteiger partial charge in [0.25, 0.3) is 0 Å². The van der Waals surface area contributed by atoms with E-state index in [-0.39, 0.29) is 65.5 Å². The van der Waals surface area contributed by atoms with E-state index in [4.69, 9.17) is 47.4 Å². The lowest BCUT2D eigenvalue weighted by molar-refractivity contribution is -0.336. The molecular weight excluding hydrogens is 877 g/mol. The van der Waals surface area contributed by atoms with Crippen LogP contribution < -0.4 is 4.74 Å². The van der Waals surface area contributed by atoms with Gasteiger partial charge in [0.1, 0.15) is 35.9 Å². The molecule has 18 heteroatoms. The summed E-state index contributed by atoms with van der Waals surface area (Å²) in [7, 11) is 0. The maximum atomic E-state index is 14.0. The monoisotopic (exact) mass is 938 g/mol. The van der Waals surface area contributed by atoms with E-state index in [1.54, 1.807) is 64.1 Å². The number of hydrogen-bond donors (Lipinski definition) is 6. The minimum absolute atomic E-state index is 0.0409. The molecule has 0 spiro atoms. The molecule has 0 aromatic heterocycles. The zero-order chi connectivity index (χ0) is 47.6. The Morgan fingerprint density at radius 2 is 1.09 bits per heavy atom. The Bertz CT molecular complexity index is 2250. The second kappa shape index (κ2) is 19.6. The molecule has 1 aliphatic carbocycles. The van der Waals surface area contributed by atoms with Crippen molar-refractivity contribution in [3.63, 3.8) is 0 Å². The number of aromatic hydroxyl groups is 1. The van der Waals surface area contributed by atoms with Gasteiger partial charge in [-0.1, -0.05) is 24.3 Å². The van der Waals surface area contributed by atoms with Gasteiger partial charge < -0.3 is 78.0 Å². The molecule has 19 atom stereocenters. The molecule has 0 bridgehead atoms. The van der Waals surface area contributed by atoms with Gasteiger partial charge in [-0.2, -0.15) is 0 Å². The highest BCUT2D eigenvalue weighted by atomic mass is 16.8. The molecular formula is C49H62O18. The Balaban J connectivity index is 0.767. The van der Waals surface area contributed by atoms with Crippen molar-refractivity contribution in [3.8, 4) is 11.5 Å². The van der Waals surface area contributed by atoms with E-state index in [2.05, 4.69) is 0 Å². The first-order valence-corrected chi connectivity index (χ1v) is 23.4. The van der Waals surface area contributed by atoms with Crippen LogP contribution in [0.25, 0.3) is 10.8 Å². The number of phenolic OH excluding ortho intramolecular Hbond substituents is 1. The molecule has 0 amide bonds. The second-order valence-corrected chi connectivity index (χ2v) is 18.9. The standard InChI is InChI=1S/C49H62O18/c1-20-14-26-10-11-28-43(41(26)29(50)15-20)47(57)27-8-7-9-34(42(27)46(28)56)64-38-18-32(53)49(25(6)62-38)67-40-19-35(45(55)23(4)60-40)65-36-13-12-33(21(2)58-36)63-37-17-31(52)48(24(5)61-37)66-39-16-30(51)44(54)22(3)59-39/h7-11,14-15,21-25,30-33,35-40,44-45,48-55H,12-13,16-19H2,1-6H3. The topological polar surface area (TPSA) is 248 Å². The highest BCUT2D eigenvalue weighted by Gasteiger charge is 2.47. The smallest absolute Gasteiger partial charge is 0.202 e. The van der Waals surface area contributed by atoms with Crippen LogP contribution in [-0.4, -0.2) is 159 Å². The summed E-state index contributed by atoms with van der Waals surface area (Å²) in [4.78, 5) is 28.0.